The summed E-state index contributed by atoms with van der Waals surface area (Å²) >= 11 is 0. The van der Waals surface area contributed by atoms with Crippen molar-refractivity contribution in [3.8, 4) is 5.75 Å². The Morgan fingerprint density at radius 3 is 3.05 bits per heavy atom. The highest BCUT2D eigenvalue weighted by Gasteiger charge is 2.25. The number of piperidine rings is 1. The SMILES string of the molecule is CCN1CCCC(NC2CCCOc3c(C)cccc32)C1. The average molecular weight is 288 g/mol. The van der Waals surface area contributed by atoms with E-state index in [9.17, 15) is 0 Å². The molecule has 2 unspecified atom stereocenters. The number of hydrogen-bond donors (Lipinski definition) is 1. The van der Waals surface area contributed by atoms with Crippen LogP contribution >= 0.6 is 0 Å². The van der Waals surface area contributed by atoms with Gasteiger partial charge in [-0.05, 0) is 51.3 Å². The summed E-state index contributed by atoms with van der Waals surface area (Å²) in [6, 6.07) is 7.63. The van der Waals surface area contributed by atoms with E-state index >= 15 is 0 Å². The summed E-state index contributed by atoms with van der Waals surface area (Å²) in [7, 11) is 0. The topological polar surface area (TPSA) is 24.5 Å². The first kappa shape index (κ1) is 14.9. The van der Waals surface area contributed by atoms with Gasteiger partial charge in [-0.25, -0.2) is 0 Å². The molecule has 1 fully saturated rings. The Bertz CT molecular complexity index is 474. The van der Waals surface area contributed by atoms with Crippen LogP contribution in [-0.2, 0) is 0 Å². The molecule has 0 radical (unpaired) electrons. The summed E-state index contributed by atoms with van der Waals surface area (Å²) in [6.07, 6.45) is 4.93. The van der Waals surface area contributed by atoms with E-state index in [2.05, 4.69) is 42.3 Å². The number of rotatable bonds is 3. The van der Waals surface area contributed by atoms with E-state index in [4.69, 9.17) is 4.74 Å². The largest absolute Gasteiger partial charge is 0.493 e. The van der Waals surface area contributed by atoms with Gasteiger partial charge in [-0.3, -0.25) is 0 Å². The lowest BCUT2D eigenvalue weighted by atomic mass is 9.97. The van der Waals surface area contributed by atoms with Gasteiger partial charge in [-0.15, -0.1) is 0 Å². The van der Waals surface area contributed by atoms with Gasteiger partial charge in [0.15, 0.2) is 0 Å². The fourth-order valence-corrected chi connectivity index (χ4v) is 3.70. The Morgan fingerprint density at radius 2 is 2.19 bits per heavy atom. The molecule has 2 aliphatic rings. The summed E-state index contributed by atoms with van der Waals surface area (Å²) in [5.41, 5.74) is 2.63. The van der Waals surface area contributed by atoms with Crippen LogP contribution < -0.4 is 10.1 Å². The Morgan fingerprint density at radius 1 is 1.29 bits per heavy atom. The van der Waals surface area contributed by atoms with Gasteiger partial charge < -0.3 is 15.0 Å². The lowest BCUT2D eigenvalue weighted by molar-refractivity contribution is 0.188. The summed E-state index contributed by atoms with van der Waals surface area (Å²) in [6.45, 7) is 8.89. The van der Waals surface area contributed by atoms with Crippen LogP contribution in [0.4, 0.5) is 0 Å². The van der Waals surface area contributed by atoms with Gasteiger partial charge in [0, 0.05) is 24.2 Å². The smallest absolute Gasteiger partial charge is 0.126 e. The molecule has 21 heavy (non-hydrogen) atoms. The van der Waals surface area contributed by atoms with Crippen LogP contribution in [0.5, 0.6) is 5.75 Å². The molecule has 0 bridgehead atoms. The van der Waals surface area contributed by atoms with E-state index < -0.39 is 0 Å². The quantitative estimate of drug-likeness (QED) is 0.924. The third kappa shape index (κ3) is 3.41. The highest BCUT2D eigenvalue weighted by atomic mass is 16.5. The minimum absolute atomic E-state index is 0.448. The molecule has 0 saturated carbocycles. The monoisotopic (exact) mass is 288 g/mol. The number of hydrogen-bond acceptors (Lipinski definition) is 3. The molecular formula is C18H28N2O. The Kier molecular flexibility index (Phi) is 4.81. The van der Waals surface area contributed by atoms with Crippen molar-refractivity contribution < 1.29 is 4.74 Å². The predicted octanol–water partition coefficient (Wildman–Crippen LogP) is 3.28. The molecule has 1 aromatic carbocycles. The molecule has 2 aliphatic heterocycles. The first-order chi connectivity index (χ1) is 10.3. The van der Waals surface area contributed by atoms with E-state index in [0.29, 0.717) is 12.1 Å². The lowest BCUT2D eigenvalue weighted by Crippen LogP contribution is -2.46. The molecule has 3 heteroatoms. The molecule has 0 aliphatic carbocycles. The Labute approximate surface area is 128 Å². The maximum Gasteiger partial charge on any atom is 0.126 e. The van der Waals surface area contributed by atoms with Crippen molar-refractivity contribution in [2.45, 2.75) is 51.6 Å². The number of nitrogens with one attached hydrogen (secondary N) is 1. The van der Waals surface area contributed by atoms with Crippen LogP contribution in [0.25, 0.3) is 0 Å². The van der Waals surface area contributed by atoms with Gasteiger partial charge in [-0.2, -0.15) is 0 Å². The molecule has 1 aromatic rings. The molecule has 0 aromatic heterocycles. The maximum atomic E-state index is 5.99. The molecule has 2 heterocycles. The minimum Gasteiger partial charge on any atom is -0.493 e. The van der Waals surface area contributed by atoms with E-state index in [1.807, 2.05) is 0 Å². The maximum absolute atomic E-state index is 5.99. The molecule has 116 valence electrons. The molecule has 2 atom stereocenters. The number of nitrogens with zero attached hydrogens (tertiary/aromatic N) is 1. The second kappa shape index (κ2) is 6.80. The van der Waals surface area contributed by atoms with Crippen LogP contribution in [-0.4, -0.2) is 37.2 Å². The van der Waals surface area contributed by atoms with Gasteiger partial charge in [0.1, 0.15) is 5.75 Å². The van der Waals surface area contributed by atoms with Crippen LogP contribution in [0.2, 0.25) is 0 Å². The van der Waals surface area contributed by atoms with Crippen molar-refractivity contribution in [2.75, 3.05) is 26.2 Å². The first-order valence-electron chi connectivity index (χ1n) is 8.48. The molecule has 3 rings (SSSR count). The van der Waals surface area contributed by atoms with Gasteiger partial charge in [0.2, 0.25) is 0 Å². The lowest BCUT2D eigenvalue weighted by Gasteiger charge is -2.35. The summed E-state index contributed by atoms with van der Waals surface area (Å²) in [4.78, 5) is 2.56. The standard InChI is InChI=1S/C18H28N2O/c1-3-20-11-5-8-15(13-20)19-17-10-6-12-21-18-14(2)7-4-9-16(17)18/h4,7,9,15,17,19H,3,5-6,8,10-13H2,1-2H3. The summed E-state index contributed by atoms with van der Waals surface area (Å²) in [5, 5.41) is 3.92. The molecule has 0 spiro atoms. The van der Waals surface area contributed by atoms with Crippen molar-refractivity contribution in [3.63, 3.8) is 0 Å². The molecule has 1 N–H and O–H groups in total. The van der Waals surface area contributed by atoms with Crippen molar-refractivity contribution in [1.29, 1.82) is 0 Å². The fourth-order valence-electron chi connectivity index (χ4n) is 3.70. The van der Waals surface area contributed by atoms with E-state index in [-0.39, 0.29) is 0 Å². The highest BCUT2D eigenvalue weighted by Crippen LogP contribution is 2.34. The average Bonchev–Trinajstić information content (AvgIpc) is 2.71. The third-order valence-electron chi connectivity index (χ3n) is 4.89. The number of ether oxygens (including phenoxy) is 1. The van der Waals surface area contributed by atoms with Crippen LogP contribution in [0.3, 0.4) is 0 Å². The molecule has 3 nitrogen and oxygen atoms in total. The number of aryl methyl sites for hydroxylation is 1. The van der Waals surface area contributed by atoms with Gasteiger partial charge in [0.05, 0.1) is 6.61 Å². The van der Waals surface area contributed by atoms with E-state index in [0.717, 1.165) is 18.8 Å². The van der Waals surface area contributed by atoms with Crippen LogP contribution in [0.15, 0.2) is 18.2 Å². The van der Waals surface area contributed by atoms with Crippen LogP contribution in [0.1, 0.15) is 49.8 Å². The Hall–Kier alpha value is -1.06. The Balaban J connectivity index is 1.75. The van der Waals surface area contributed by atoms with E-state index in [1.165, 1.54) is 50.0 Å². The van der Waals surface area contributed by atoms with Gasteiger partial charge in [-0.1, -0.05) is 25.1 Å². The zero-order chi connectivity index (χ0) is 14.7. The third-order valence-corrected chi connectivity index (χ3v) is 4.89. The number of fused-ring (bicyclic) bond motifs is 1. The van der Waals surface area contributed by atoms with Gasteiger partial charge in [0.25, 0.3) is 0 Å². The second-order valence-electron chi connectivity index (χ2n) is 6.44. The zero-order valence-electron chi connectivity index (χ0n) is 13.4. The first-order valence-corrected chi connectivity index (χ1v) is 8.48. The fraction of sp³-hybridized carbons (Fsp3) is 0.667. The number of likely N-dealkylation sites (N-methyl/N-ethyl adjacent to an activating group) is 1. The van der Waals surface area contributed by atoms with Gasteiger partial charge >= 0.3 is 0 Å². The summed E-state index contributed by atoms with van der Waals surface area (Å²) in [5.74, 6) is 1.12. The number of likely N-dealkylation sites (tertiary alicyclic amines) is 1. The zero-order valence-corrected chi connectivity index (χ0v) is 13.4. The second-order valence-corrected chi connectivity index (χ2v) is 6.44. The van der Waals surface area contributed by atoms with Crippen molar-refractivity contribution in [2.24, 2.45) is 0 Å². The van der Waals surface area contributed by atoms with E-state index in [1.54, 1.807) is 0 Å². The van der Waals surface area contributed by atoms with Crippen molar-refractivity contribution >= 4 is 0 Å². The van der Waals surface area contributed by atoms with Crippen molar-refractivity contribution in [1.82, 2.24) is 10.2 Å². The molecule has 1 saturated heterocycles. The number of benzene rings is 1. The minimum atomic E-state index is 0.448. The molecular weight excluding hydrogens is 260 g/mol. The molecule has 0 amide bonds. The highest BCUT2D eigenvalue weighted by molar-refractivity contribution is 5.43. The normalized spacial score (nSPS) is 26.8. The van der Waals surface area contributed by atoms with Crippen molar-refractivity contribution in [3.05, 3.63) is 29.3 Å². The number of para-hydroxylation sites is 1. The summed E-state index contributed by atoms with van der Waals surface area (Å²) < 4.78 is 5.99. The predicted molar refractivity (Wildman–Crippen MR) is 86.9 cm³/mol. The van der Waals surface area contributed by atoms with Crippen LogP contribution in [0, 0.1) is 6.92 Å².